The summed E-state index contributed by atoms with van der Waals surface area (Å²) < 4.78 is 7.79. The van der Waals surface area contributed by atoms with E-state index in [-0.39, 0.29) is 23.2 Å². The molecule has 1 aliphatic heterocycles. The van der Waals surface area contributed by atoms with Crippen molar-refractivity contribution in [2.75, 3.05) is 24.1 Å². The topological polar surface area (TPSA) is 172 Å². The molecule has 4 aromatic rings. The molecule has 1 saturated heterocycles. The summed E-state index contributed by atoms with van der Waals surface area (Å²) in [6.45, 7) is 8.00. The van der Waals surface area contributed by atoms with Crippen LogP contribution in [0.2, 0.25) is 10.0 Å². The maximum atomic E-state index is 12.6. The third-order valence-corrected chi connectivity index (χ3v) is 8.77. The fourth-order valence-electron chi connectivity index (χ4n) is 5.80. The van der Waals surface area contributed by atoms with Crippen LogP contribution in [0, 0.1) is 5.92 Å². The number of hydrogen-bond acceptors (Lipinski definition) is 9. The number of nitrogens with zero attached hydrogens (tertiary/aromatic N) is 4. The van der Waals surface area contributed by atoms with E-state index in [0.29, 0.717) is 53.7 Å². The van der Waals surface area contributed by atoms with Crippen molar-refractivity contribution in [3.8, 4) is 0 Å². The fraction of sp³-hybridized carbons (Fsp3) is 0.455. The molecule has 0 aliphatic carbocycles. The highest BCUT2D eigenvalue weighted by molar-refractivity contribution is 6.34. The average molecular weight is 686 g/mol. The molecule has 0 radical (unpaired) electrons. The molecule has 0 saturated carbocycles. The van der Waals surface area contributed by atoms with Crippen molar-refractivity contribution in [3.63, 3.8) is 0 Å². The van der Waals surface area contributed by atoms with Gasteiger partial charge in [0.25, 0.3) is 0 Å². The van der Waals surface area contributed by atoms with E-state index in [1.165, 1.54) is 18.2 Å². The number of amides is 2. The Hall–Kier alpha value is -3.52. The predicted molar refractivity (Wildman–Crippen MR) is 183 cm³/mol. The molecule has 0 bridgehead atoms. The first kappa shape index (κ1) is 34.8. The molecule has 0 spiro atoms. The van der Waals surface area contributed by atoms with Crippen molar-refractivity contribution >= 4 is 51.9 Å². The second kappa shape index (κ2) is 15.1. The lowest BCUT2D eigenvalue weighted by atomic mass is 9.87. The summed E-state index contributed by atoms with van der Waals surface area (Å²) in [6.07, 6.45) is 0.732. The molecular weight excluding hydrogens is 643 g/mol. The molecule has 7 N–H and O–H groups in total. The maximum absolute atomic E-state index is 12.6. The van der Waals surface area contributed by atoms with Crippen LogP contribution in [0.5, 0.6) is 0 Å². The van der Waals surface area contributed by atoms with Gasteiger partial charge in [-0.05, 0) is 78.6 Å². The molecule has 2 aromatic carbocycles. The van der Waals surface area contributed by atoms with Crippen LogP contribution in [0.15, 0.2) is 55.1 Å². The molecule has 1 aliphatic rings. The predicted octanol–water partition coefficient (Wildman–Crippen LogP) is 5.03. The molecule has 252 valence electrons. The summed E-state index contributed by atoms with van der Waals surface area (Å²) in [5.74, 6) is 0.244. The number of nitrogens with one attached hydrogen (secondary N) is 3. The zero-order valence-electron chi connectivity index (χ0n) is 26.7. The Bertz CT molecular complexity index is 1640. The van der Waals surface area contributed by atoms with Gasteiger partial charge in [0.05, 0.1) is 12.4 Å². The minimum Gasteiger partial charge on any atom is -0.388 e. The zero-order valence-corrected chi connectivity index (χ0v) is 28.2. The third kappa shape index (κ3) is 8.89. The van der Waals surface area contributed by atoms with E-state index in [1.807, 2.05) is 36.4 Å². The van der Waals surface area contributed by atoms with Gasteiger partial charge in [-0.15, -0.1) is 0 Å². The van der Waals surface area contributed by atoms with E-state index in [9.17, 15) is 15.0 Å². The molecule has 1 fully saturated rings. The van der Waals surface area contributed by atoms with E-state index in [2.05, 4.69) is 51.7 Å². The summed E-state index contributed by atoms with van der Waals surface area (Å²) >= 11 is 12.4. The number of hydrogen-bond donors (Lipinski definition) is 6. The molecule has 3 heterocycles. The van der Waals surface area contributed by atoms with Crippen LogP contribution in [-0.4, -0.2) is 67.2 Å². The number of fused-ring (bicyclic) bond motifs is 1. The van der Waals surface area contributed by atoms with Crippen LogP contribution >= 0.6 is 23.2 Å². The largest absolute Gasteiger partial charge is 0.388 e. The van der Waals surface area contributed by atoms with E-state index < -0.39 is 24.5 Å². The number of aliphatic hydroxyl groups excluding tert-OH is 2. The van der Waals surface area contributed by atoms with Gasteiger partial charge in [-0.2, -0.15) is 0 Å². The first-order chi connectivity index (χ1) is 22.4. The Morgan fingerprint density at radius 2 is 1.79 bits per heavy atom. The molecule has 2 amide bonds. The minimum absolute atomic E-state index is 0.0301. The number of rotatable bonds is 12. The number of ether oxygens (including phenoxy) is 1. The molecule has 2 aromatic heterocycles. The summed E-state index contributed by atoms with van der Waals surface area (Å²) in [6, 6.07) is 12.9. The van der Waals surface area contributed by atoms with Crippen LogP contribution < -0.4 is 21.7 Å². The van der Waals surface area contributed by atoms with Crippen molar-refractivity contribution in [1.82, 2.24) is 30.2 Å². The van der Waals surface area contributed by atoms with Crippen LogP contribution in [0.4, 0.5) is 16.3 Å². The van der Waals surface area contributed by atoms with Gasteiger partial charge in [-0.3, -0.25) is 4.57 Å². The monoisotopic (exact) mass is 684 g/mol. The maximum Gasteiger partial charge on any atom is 0.319 e. The fourth-order valence-corrected chi connectivity index (χ4v) is 6.37. The third-order valence-electron chi connectivity index (χ3n) is 8.33. The van der Waals surface area contributed by atoms with E-state index >= 15 is 0 Å². The number of aliphatic hydroxyl groups is 2. The van der Waals surface area contributed by atoms with Gasteiger partial charge < -0.3 is 36.6 Å². The smallest absolute Gasteiger partial charge is 0.319 e. The summed E-state index contributed by atoms with van der Waals surface area (Å²) in [7, 11) is 0. The summed E-state index contributed by atoms with van der Waals surface area (Å²) in [5.41, 5.74) is 9.61. The number of benzene rings is 2. The van der Waals surface area contributed by atoms with Gasteiger partial charge in [-0.25, -0.2) is 19.7 Å². The molecule has 5 rings (SSSR count). The summed E-state index contributed by atoms with van der Waals surface area (Å²) in [4.78, 5) is 25.1. The Labute approximate surface area is 284 Å². The van der Waals surface area contributed by atoms with E-state index in [4.69, 9.17) is 33.7 Å². The lowest BCUT2D eigenvalue weighted by Crippen LogP contribution is -2.35. The standard InChI is InChI=1S/C33H42Cl2N8O4/c1-33(2,3)21-6-8-24(9-7-21)42-32(46)38-10-4-5-19(15-37-16-20-11-22(34)14-23(35)12-20)13-25-27(44)28(45)31(47-25)43-18-41-26-29(36)39-17-40-30(26)43/h6-9,11-12,14,17-19,25,27-28,31,37,44-45H,4-5,10,13,15-16H2,1-3H3,(H2,36,39,40)(H2,38,42,46)/t19-,25+,27-,28?,31+/m0/s1. The van der Waals surface area contributed by atoms with Gasteiger partial charge >= 0.3 is 6.03 Å². The number of carbonyl (C=O) groups is 1. The van der Waals surface area contributed by atoms with Gasteiger partial charge in [0.1, 0.15) is 24.1 Å². The van der Waals surface area contributed by atoms with Crippen LogP contribution in [0.3, 0.4) is 0 Å². The van der Waals surface area contributed by atoms with Gasteiger partial charge in [0.15, 0.2) is 17.7 Å². The van der Waals surface area contributed by atoms with Crippen molar-refractivity contribution < 1.29 is 19.7 Å². The Morgan fingerprint density at radius 1 is 1.06 bits per heavy atom. The van der Waals surface area contributed by atoms with E-state index in [1.54, 1.807) is 10.6 Å². The molecule has 5 atom stereocenters. The van der Waals surface area contributed by atoms with Crippen LogP contribution in [0.25, 0.3) is 11.2 Å². The number of imidazole rings is 1. The lowest BCUT2D eigenvalue weighted by molar-refractivity contribution is -0.0416. The Balaban J connectivity index is 1.19. The SMILES string of the molecule is CC(C)(C)c1ccc(NC(=O)NCCC[C@H](CNCc2cc(Cl)cc(Cl)c2)C[C@H]2O[C@@H](n3cnc4c(N)ncnc43)C(O)[C@H]2O)cc1. The molecule has 1 unspecified atom stereocenters. The number of halogens is 2. The first-order valence-corrected chi connectivity index (χ1v) is 16.4. The lowest BCUT2D eigenvalue weighted by Gasteiger charge is -2.23. The number of nitrogen functional groups attached to an aromatic ring is 1. The highest BCUT2D eigenvalue weighted by Gasteiger charge is 2.44. The highest BCUT2D eigenvalue weighted by atomic mass is 35.5. The Kier molecular flexibility index (Phi) is 11.2. The Morgan fingerprint density at radius 3 is 2.49 bits per heavy atom. The number of carbonyl (C=O) groups excluding carboxylic acids is 1. The van der Waals surface area contributed by atoms with E-state index in [0.717, 1.165) is 17.7 Å². The number of urea groups is 1. The number of anilines is 2. The second-order valence-corrected chi connectivity index (χ2v) is 13.9. The average Bonchev–Trinajstić information content (AvgIpc) is 3.56. The quantitative estimate of drug-likeness (QED) is 0.112. The summed E-state index contributed by atoms with van der Waals surface area (Å²) in [5, 5.41) is 32.4. The number of aromatic nitrogens is 4. The van der Waals surface area contributed by atoms with Gasteiger partial charge in [0.2, 0.25) is 0 Å². The van der Waals surface area contributed by atoms with Crippen LogP contribution in [0.1, 0.15) is 57.4 Å². The number of nitrogens with two attached hydrogens (primary N) is 1. The molecule has 47 heavy (non-hydrogen) atoms. The van der Waals surface area contributed by atoms with Crippen molar-refractivity contribution in [2.45, 2.75) is 76.5 Å². The van der Waals surface area contributed by atoms with Gasteiger partial charge in [-0.1, -0.05) is 56.1 Å². The first-order valence-electron chi connectivity index (χ1n) is 15.6. The van der Waals surface area contributed by atoms with Crippen molar-refractivity contribution in [3.05, 3.63) is 76.3 Å². The molecule has 14 heteroatoms. The molecular formula is C33H42Cl2N8O4. The van der Waals surface area contributed by atoms with Crippen molar-refractivity contribution in [1.29, 1.82) is 0 Å². The highest BCUT2D eigenvalue weighted by Crippen LogP contribution is 2.35. The zero-order chi connectivity index (χ0) is 33.7. The van der Waals surface area contributed by atoms with Crippen molar-refractivity contribution in [2.24, 2.45) is 5.92 Å². The van der Waals surface area contributed by atoms with Crippen LogP contribution in [-0.2, 0) is 16.7 Å². The minimum atomic E-state index is -1.21. The molecule has 12 nitrogen and oxygen atoms in total. The second-order valence-electron chi connectivity index (χ2n) is 13.0. The van der Waals surface area contributed by atoms with Gasteiger partial charge in [0, 0.05) is 28.8 Å². The normalized spacial score (nSPS) is 20.4.